The molecule has 9 heteroatoms. The maximum atomic E-state index is 11.7. The van der Waals surface area contributed by atoms with Gasteiger partial charge in [0.25, 0.3) is 0 Å². The summed E-state index contributed by atoms with van der Waals surface area (Å²) in [6.07, 6.45) is 4.77. The van der Waals surface area contributed by atoms with E-state index < -0.39 is 11.7 Å². The van der Waals surface area contributed by atoms with Crippen molar-refractivity contribution in [3.05, 3.63) is 0 Å². The second kappa shape index (κ2) is 15.2. The van der Waals surface area contributed by atoms with Crippen LogP contribution in [0.5, 0.6) is 0 Å². The highest BCUT2D eigenvalue weighted by molar-refractivity contribution is 8.77. The number of nitrogens with one attached hydrogen (secondary N) is 2. The Morgan fingerprint density at radius 2 is 1.68 bits per heavy atom. The van der Waals surface area contributed by atoms with E-state index >= 15 is 0 Å². The molecule has 7 nitrogen and oxygen atoms in total. The van der Waals surface area contributed by atoms with Gasteiger partial charge >= 0.3 is 6.09 Å². The van der Waals surface area contributed by atoms with Crippen LogP contribution in [-0.2, 0) is 19.0 Å². The fourth-order valence-electron chi connectivity index (χ4n) is 2.43. The minimum absolute atomic E-state index is 0.0986. The first-order valence-electron chi connectivity index (χ1n) is 10.0. The lowest BCUT2D eigenvalue weighted by Crippen LogP contribution is -2.34. The molecule has 0 aromatic rings. The Morgan fingerprint density at radius 1 is 1.00 bits per heavy atom. The zero-order valence-electron chi connectivity index (χ0n) is 17.4. The highest BCUT2D eigenvalue weighted by atomic mass is 33.1. The summed E-state index contributed by atoms with van der Waals surface area (Å²) in [5, 5.41) is 6.29. The Balaban J connectivity index is 1.79. The quantitative estimate of drug-likeness (QED) is 0.319. The molecule has 28 heavy (non-hydrogen) atoms. The average Bonchev–Trinajstić information content (AvgIpc) is 3.12. The van der Waals surface area contributed by atoms with E-state index in [1.165, 1.54) is 18.6 Å². The summed E-state index contributed by atoms with van der Waals surface area (Å²) < 4.78 is 15.9. The van der Waals surface area contributed by atoms with Gasteiger partial charge < -0.3 is 24.8 Å². The van der Waals surface area contributed by atoms with Crippen LogP contribution in [0.15, 0.2) is 0 Å². The molecule has 0 aromatic carbocycles. The molecule has 1 heterocycles. The summed E-state index contributed by atoms with van der Waals surface area (Å²) in [5.74, 6) is 1.37. The van der Waals surface area contributed by atoms with E-state index in [2.05, 4.69) is 10.6 Å². The first-order chi connectivity index (χ1) is 13.4. The Kier molecular flexibility index (Phi) is 13.8. The molecule has 0 radical (unpaired) electrons. The SMILES string of the molecule is CC(C)(C)OC(=O)NCCOCCOCCNC(=O)CCCCC1CCSS1. The Morgan fingerprint density at radius 3 is 2.29 bits per heavy atom. The lowest BCUT2D eigenvalue weighted by molar-refractivity contribution is -0.121. The van der Waals surface area contributed by atoms with E-state index in [1.807, 2.05) is 42.4 Å². The number of rotatable bonds is 14. The highest BCUT2D eigenvalue weighted by Crippen LogP contribution is 2.39. The summed E-state index contributed by atoms with van der Waals surface area (Å²) in [6.45, 7) is 8.15. The standard InChI is InChI=1S/C19H36N2O5S2/c1-19(2,3)26-18(23)21-10-12-25-14-13-24-11-9-20-17(22)7-5-4-6-16-8-15-27-28-16/h16H,4-15H2,1-3H3,(H,20,22)(H,21,23). The molecule has 2 amide bonds. The average molecular weight is 437 g/mol. The van der Waals surface area contributed by atoms with Gasteiger partial charge in [-0.25, -0.2) is 4.79 Å². The summed E-state index contributed by atoms with van der Waals surface area (Å²) >= 11 is 0. The molecule has 1 rings (SSSR count). The van der Waals surface area contributed by atoms with E-state index in [-0.39, 0.29) is 5.91 Å². The van der Waals surface area contributed by atoms with Gasteiger partial charge in [0, 0.05) is 30.5 Å². The van der Waals surface area contributed by atoms with Crippen molar-refractivity contribution >= 4 is 33.6 Å². The van der Waals surface area contributed by atoms with E-state index in [0.29, 0.717) is 45.9 Å². The molecule has 0 aromatic heterocycles. The van der Waals surface area contributed by atoms with Gasteiger partial charge in [0.2, 0.25) is 5.91 Å². The third-order valence-corrected chi connectivity index (χ3v) is 6.77. The molecule has 2 N–H and O–H groups in total. The summed E-state index contributed by atoms with van der Waals surface area (Å²) in [4.78, 5) is 23.2. The monoisotopic (exact) mass is 436 g/mol. The molecule has 0 bridgehead atoms. The third kappa shape index (κ3) is 15.3. The maximum Gasteiger partial charge on any atom is 0.407 e. The molecule has 1 unspecified atom stereocenters. The summed E-state index contributed by atoms with van der Waals surface area (Å²) in [5.41, 5.74) is -0.498. The van der Waals surface area contributed by atoms with Gasteiger partial charge in [-0.2, -0.15) is 0 Å². The van der Waals surface area contributed by atoms with Crippen LogP contribution in [0.2, 0.25) is 0 Å². The van der Waals surface area contributed by atoms with Crippen LogP contribution in [0.4, 0.5) is 4.79 Å². The van der Waals surface area contributed by atoms with Crippen LogP contribution in [0.1, 0.15) is 52.9 Å². The van der Waals surface area contributed by atoms with Crippen LogP contribution in [0.3, 0.4) is 0 Å². The first kappa shape index (κ1) is 25.4. The fraction of sp³-hybridized carbons (Fsp3) is 0.895. The second-order valence-electron chi connectivity index (χ2n) is 7.58. The first-order valence-corrected chi connectivity index (χ1v) is 12.4. The van der Waals surface area contributed by atoms with Crippen molar-refractivity contribution in [2.75, 3.05) is 45.3 Å². The number of hydrogen-bond acceptors (Lipinski definition) is 7. The molecule has 0 aliphatic carbocycles. The number of unbranched alkanes of at least 4 members (excludes halogenated alkanes) is 1. The van der Waals surface area contributed by atoms with E-state index in [9.17, 15) is 9.59 Å². The topological polar surface area (TPSA) is 85.9 Å². The molecular formula is C19H36N2O5S2. The number of amides is 2. The predicted octanol–water partition coefficient (Wildman–Crippen LogP) is 3.37. The van der Waals surface area contributed by atoms with E-state index in [1.54, 1.807) is 0 Å². The van der Waals surface area contributed by atoms with Crippen LogP contribution in [-0.4, -0.2) is 68.1 Å². The highest BCUT2D eigenvalue weighted by Gasteiger charge is 2.16. The van der Waals surface area contributed by atoms with Gasteiger partial charge in [0.05, 0.1) is 26.4 Å². The minimum atomic E-state index is -0.498. The van der Waals surface area contributed by atoms with Crippen LogP contribution in [0, 0.1) is 0 Å². The third-order valence-electron chi connectivity index (χ3n) is 3.76. The van der Waals surface area contributed by atoms with Crippen molar-refractivity contribution in [3.63, 3.8) is 0 Å². The molecule has 0 spiro atoms. The number of ether oxygens (including phenoxy) is 3. The van der Waals surface area contributed by atoms with E-state index in [4.69, 9.17) is 14.2 Å². The van der Waals surface area contributed by atoms with Gasteiger partial charge in [-0.15, -0.1) is 0 Å². The van der Waals surface area contributed by atoms with Crippen molar-refractivity contribution in [2.45, 2.75) is 63.7 Å². The molecule has 1 atom stereocenters. The van der Waals surface area contributed by atoms with Crippen molar-refractivity contribution in [2.24, 2.45) is 0 Å². The van der Waals surface area contributed by atoms with Crippen LogP contribution >= 0.6 is 21.6 Å². The summed E-state index contributed by atoms with van der Waals surface area (Å²) in [7, 11) is 3.96. The van der Waals surface area contributed by atoms with E-state index in [0.717, 1.165) is 18.1 Å². The van der Waals surface area contributed by atoms with Gasteiger partial charge in [0.15, 0.2) is 0 Å². The molecular weight excluding hydrogens is 400 g/mol. The van der Waals surface area contributed by atoms with Gasteiger partial charge in [-0.3, -0.25) is 4.79 Å². The zero-order valence-corrected chi connectivity index (χ0v) is 19.1. The van der Waals surface area contributed by atoms with Crippen LogP contribution < -0.4 is 10.6 Å². The fourth-order valence-corrected chi connectivity index (χ4v) is 5.46. The number of carbonyl (C=O) groups excluding carboxylic acids is 2. The zero-order chi connectivity index (χ0) is 20.7. The van der Waals surface area contributed by atoms with Crippen molar-refractivity contribution < 1.29 is 23.8 Å². The molecule has 1 aliphatic rings. The lowest BCUT2D eigenvalue weighted by Gasteiger charge is -2.19. The second-order valence-corrected chi connectivity index (χ2v) is 10.4. The lowest BCUT2D eigenvalue weighted by atomic mass is 10.1. The number of hydrogen-bond donors (Lipinski definition) is 2. The van der Waals surface area contributed by atoms with Crippen molar-refractivity contribution in [3.8, 4) is 0 Å². The smallest absolute Gasteiger partial charge is 0.407 e. The van der Waals surface area contributed by atoms with Crippen molar-refractivity contribution in [1.82, 2.24) is 10.6 Å². The molecule has 1 saturated heterocycles. The normalized spacial score (nSPS) is 16.8. The predicted molar refractivity (Wildman–Crippen MR) is 116 cm³/mol. The largest absolute Gasteiger partial charge is 0.444 e. The molecule has 1 aliphatic heterocycles. The van der Waals surface area contributed by atoms with Gasteiger partial charge in [-0.1, -0.05) is 28.0 Å². The van der Waals surface area contributed by atoms with Gasteiger partial charge in [-0.05, 0) is 40.0 Å². The Labute approximate surface area is 177 Å². The Hall–Kier alpha value is -0.640. The molecule has 0 saturated carbocycles. The summed E-state index contributed by atoms with van der Waals surface area (Å²) in [6, 6.07) is 0. The maximum absolute atomic E-state index is 11.7. The van der Waals surface area contributed by atoms with Crippen molar-refractivity contribution in [1.29, 1.82) is 0 Å². The Bertz CT molecular complexity index is 441. The number of carbonyl (C=O) groups is 2. The van der Waals surface area contributed by atoms with Crippen LogP contribution in [0.25, 0.3) is 0 Å². The number of alkyl carbamates (subject to hydrolysis) is 1. The van der Waals surface area contributed by atoms with Gasteiger partial charge in [0.1, 0.15) is 5.60 Å². The minimum Gasteiger partial charge on any atom is -0.444 e. The molecule has 164 valence electrons. The molecule has 1 fully saturated rings.